The largest absolute Gasteiger partial charge is 0.344 e. The van der Waals surface area contributed by atoms with Crippen molar-refractivity contribution in [1.29, 1.82) is 0 Å². The molecular weight excluding hydrogens is 294 g/mol. The molecule has 4 nitrogen and oxygen atoms in total. The number of nitrogens with zero attached hydrogens (tertiary/aromatic N) is 3. The average Bonchev–Trinajstić information content (AvgIpc) is 3.13. The lowest BCUT2D eigenvalue weighted by Gasteiger charge is -2.12. The number of allylic oxidation sites excluding steroid dienone is 4. The number of aryl methyl sites for hydroxylation is 1. The molecule has 0 N–H and O–H groups in total. The predicted molar refractivity (Wildman–Crippen MR) is 90.9 cm³/mol. The molecule has 0 radical (unpaired) electrons. The van der Waals surface area contributed by atoms with Crippen molar-refractivity contribution >= 4 is 22.9 Å². The summed E-state index contributed by atoms with van der Waals surface area (Å²) in [5.41, 5.74) is 3.24. The Morgan fingerprint density at radius 2 is 2.18 bits per heavy atom. The van der Waals surface area contributed by atoms with Gasteiger partial charge in [-0.25, -0.2) is 4.68 Å². The highest BCUT2D eigenvalue weighted by atomic mass is 32.1. The van der Waals surface area contributed by atoms with E-state index in [4.69, 9.17) is 0 Å². The maximum absolute atomic E-state index is 12.1. The molecule has 0 bridgehead atoms. The van der Waals surface area contributed by atoms with E-state index in [1.54, 1.807) is 19.0 Å². The molecule has 0 saturated heterocycles. The Bertz CT molecular complexity index is 765. The van der Waals surface area contributed by atoms with Gasteiger partial charge >= 0.3 is 0 Å². The molecule has 22 heavy (non-hydrogen) atoms. The molecule has 5 heteroatoms. The Morgan fingerprint density at radius 3 is 2.86 bits per heavy atom. The standard InChI is InChI=1S/C17H19N3OS/c1-12-11-14(20(18-12)13-7-5-4-6-8-13)15-9-10-16(22-15)17(21)19(2)3/h4-5,7,9-11H,6,8H2,1-3H3. The molecule has 2 heterocycles. The molecule has 1 amide bonds. The SMILES string of the molecule is Cc1cc(-c2ccc(C(=O)N(C)C)s2)n(C2=CC=CCC2)n1. The van der Waals surface area contributed by atoms with E-state index < -0.39 is 0 Å². The minimum Gasteiger partial charge on any atom is -0.344 e. The number of aromatic nitrogens is 2. The van der Waals surface area contributed by atoms with Crippen LogP contribution in [0.15, 0.2) is 36.4 Å². The minimum absolute atomic E-state index is 0.0406. The Morgan fingerprint density at radius 1 is 1.36 bits per heavy atom. The number of amides is 1. The maximum Gasteiger partial charge on any atom is 0.263 e. The number of carbonyl (C=O) groups excluding carboxylic acids is 1. The molecule has 2 aromatic heterocycles. The van der Waals surface area contributed by atoms with Gasteiger partial charge in [-0.15, -0.1) is 11.3 Å². The molecule has 0 saturated carbocycles. The Kier molecular flexibility index (Phi) is 3.98. The van der Waals surface area contributed by atoms with Gasteiger partial charge in [-0.05, 0) is 44.0 Å². The van der Waals surface area contributed by atoms with Crippen molar-refractivity contribution in [3.8, 4) is 10.6 Å². The van der Waals surface area contributed by atoms with Crippen LogP contribution in [0.1, 0.15) is 28.2 Å². The third kappa shape index (κ3) is 2.76. The quantitative estimate of drug-likeness (QED) is 0.864. The van der Waals surface area contributed by atoms with Gasteiger partial charge in [0.2, 0.25) is 0 Å². The monoisotopic (exact) mass is 313 g/mol. The number of carbonyl (C=O) groups is 1. The summed E-state index contributed by atoms with van der Waals surface area (Å²) in [4.78, 5) is 15.5. The second-order valence-electron chi connectivity index (χ2n) is 5.57. The molecule has 114 valence electrons. The molecule has 0 unspecified atom stereocenters. The van der Waals surface area contributed by atoms with Gasteiger partial charge in [-0.3, -0.25) is 4.79 Å². The summed E-state index contributed by atoms with van der Waals surface area (Å²) >= 11 is 1.52. The lowest BCUT2D eigenvalue weighted by Crippen LogP contribution is -2.20. The second-order valence-corrected chi connectivity index (χ2v) is 6.65. The van der Waals surface area contributed by atoms with Crippen LogP contribution >= 0.6 is 11.3 Å². The molecule has 3 rings (SSSR count). The fourth-order valence-corrected chi connectivity index (χ4v) is 3.50. The van der Waals surface area contributed by atoms with E-state index >= 15 is 0 Å². The Hall–Kier alpha value is -2.14. The molecule has 0 aromatic carbocycles. The van der Waals surface area contributed by atoms with Crippen molar-refractivity contribution in [2.45, 2.75) is 19.8 Å². The van der Waals surface area contributed by atoms with Gasteiger partial charge in [0.05, 0.1) is 21.1 Å². The van der Waals surface area contributed by atoms with Crippen molar-refractivity contribution in [2.24, 2.45) is 0 Å². The van der Waals surface area contributed by atoms with E-state index in [1.165, 1.54) is 17.0 Å². The van der Waals surface area contributed by atoms with Gasteiger partial charge in [0, 0.05) is 19.8 Å². The summed E-state index contributed by atoms with van der Waals surface area (Å²) in [6.45, 7) is 2.00. The van der Waals surface area contributed by atoms with E-state index in [-0.39, 0.29) is 5.91 Å². The minimum atomic E-state index is 0.0406. The highest BCUT2D eigenvalue weighted by Gasteiger charge is 2.17. The van der Waals surface area contributed by atoms with Gasteiger partial charge in [0.15, 0.2) is 0 Å². The molecule has 0 atom stereocenters. The van der Waals surface area contributed by atoms with Crippen molar-refractivity contribution < 1.29 is 4.79 Å². The van der Waals surface area contributed by atoms with Crippen molar-refractivity contribution in [2.75, 3.05) is 14.1 Å². The highest BCUT2D eigenvalue weighted by molar-refractivity contribution is 7.17. The molecule has 2 aromatic rings. The average molecular weight is 313 g/mol. The van der Waals surface area contributed by atoms with Gasteiger partial charge in [0.1, 0.15) is 0 Å². The van der Waals surface area contributed by atoms with Crippen LogP contribution in [-0.4, -0.2) is 34.7 Å². The first-order valence-corrected chi connectivity index (χ1v) is 8.12. The zero-order valence-electron chi connectivity index (χ0n) is 13.0. The number of rotatable bonds is 3. The van der Waals surface area contributed by atoms with Crippen LogP contribution in [0.3, 0.4) is 0 Å². The Balaban J connectivity index is 2.00. The summed E-state index contributed by atoms with van der Waals surface area (Å²) in [5, 5.41) is 4.63. The zero-order chi connectivity index (χ0) is 15.7. The van der Waals surface area contributed by atoms with E-state index in [2.05, 4.69) is 29.4 Å². The fraction of sp³-hybridized carbons (Fsp3) is 0.294. The summed E-state index contributed by atoms with van der Waals surface area (Å²) in [7, 11) is 3.55. The highest BCUT2D eigenvalue weighted by Crippen LogP contribution is 2.32. The van der Waals surface area contributed by atoms with Crippen molar-refractivity contribution in [3.63, 3.8) is 0 Å². The number of thiophene rings is 1. The molecule has 0 fully saturated rings. The third-order valence-electron chi connectivity index (χ3n) is 3.57. The van der Waals surface area contributed by atoms with Crippen molar-refractivity contribution in [3.05, 3.63) is 47.0 Å². The first-order valence-electron chi connectivity index (χ1n) is 7.31. The van der Waals surface area contributed by atoms with E-state index in [0.717, 1.165) is 34.0 Å². The molecule has 1 aliphatic carbocycles. The third-order valence-corrected chi connectivity index (χ3v) is 4.67. The fourth-order valence-electron chi connectivity index (χ4n) is 2.47. The lowest BCUT2D eigenvalue weighted by atomic mass is 10.1. The van der Waals surface area contributed by atoms with Gasteiger partial charge in [0.25, 0.3) is 5.91 Å². The van der Waals surface area contributed by atoms with E-state index in [0.29, 0.717) is 0 Å². The van der Waals surface area contributed by atoms with Crippen LogP contribution in [0.4, 0.5) is 0 Å². The zero-order valence-corrected chi connectivity index (χ0v) is 13.9. The second kappa shape index (κ2) is 5.93. The predicted octanol–water partition coefficient (Wildman–Crippen LogP) is 3.81. The Labute approximate surface area is 134 Å². The summed E-state index contributed by atoms with van der Waals surface area (Å²) in [5.74, 6) is 0.0406. The topological polar surface area (TPSA) is 38.1 Å². The van der Waals surface area contributed by atoms with Crippen LogP contribution in [0.25, 0.3) is 16.3 Å². The number of hydrogen-bond acceptors (Lipinski definition) is 3. The normalized spacial score (nSPS) is 14.0. The van der Waals surface area contributed by atoms with Crippen LogP contribution in [0, 0.1) is 6.92 Å². The maximum atomic E-state index is 12.1. The lowest BCUT2D eigenvalue weighted by molar-refractivity contribution is 0.0832. The molecule has 0 aliphatic heterocycles. The first-order chi connectivity index (χ1) is 10.6. The summed E-state index contributed by atoms with van der Waals surface area (Å²) < 4.78 is 2.01. The van der Waals surface area contributed by atoms with Gasteiger partial charge in [-0.2, -0.15) is 5.10 Å². The first kappa shape index (κ1) is 14.8. The molecule has 1 aliphatic rings. The molecular formula is C17H19N3OS. The van der Waals surface area contributed by atoms with Crippen LogP contribution in [0.5, 0.6) is 0 Å². The number of hydrogen-bond donors (Lipinski definition) is 0. The smallest absolute Gasteiger partial charge is 0.263 e. The van der Waals surface area contributed by atoms with E-state index in [9.17, 15) is 4.79 Å². The van der Waals surface area contributed by atoms with Crippen LogP contribution in [-0.2, 0) is 0 Å². The van der Waals surface area contributed by atoms with Gasteiger partial charge in [-0.1, -0.05) is 12.2 Å². The van der Waals surface area contributed by atoms with Gasteiger partial charge < -0.3 is 4.90 Å². The van der Waals surface area contributed by atoms with Crippen LogP contribution < -0.4 is 0 Å². The van der Waals surface area contributed by atoms with Crippen molar-refractivity contribution in [1.82, 2.24) is 14.7 Å². The summed E-state index contributed by atoms with van der Waals surface area (Å²) in [6, 6.07) is 5.98. The van der Waals surface area contributed by atoms with Crippen LogP contribution in [0.2, 0.25) is 0 Å². The molecule has 0 spiro atoms. The summed E-state index contributed by atoms with van der Waals surface area (Å²) in [6.07, 6.45) is 8.38. The van der Waals surface area contributed by atoms with E-state index in [1.807, 2.05) is 23.7 Å².